The number of hydrogen-bond acceptors (Lipinski definition) is 4. The first-order valence-corrected chi connectivity index (χ1v) is 8.95. The molecule has 0 bridgehead atoms. The monoisotopic (exact) mass is 366 g/mol. The molecule has 26 heavy (non-hydrogen) atoms. The zero-order valence-corrected chi connectivity index (χ0v) is 15.7. The van der Waals surface area contributed by atoms with Crippen LogP contribution in [0.5, 0.6) is 0 Å². The molecule has 3 rings (SSSR count). The topological polar surface area (TPSA) is 51.7 Å². The number of hydrogen-bond donors (Lipinski definition) is 0. The van der Waals surface area contributed by atoms with Crippen LogP contribution >= 0.6 is 0 Å². The minimum atomic E-state index is -2.65. The summed E-state index contributed by atoms with van der Waals surface area (Å²) in [6.07, 6.45) is 1.21. The smallest absolute Gasteiger partial charge is 0.399 e. The SMILES string of the molecule is CC1(C)OB(c2ccc(CC(=O)N3CCC(F)(F)CC3)nc2)OC1(C)C. The van der Waals surface area contributed by atoms with Crippen molar-refractivity contribution >= 4 is 18.5 Å². The summed E-state index contributed by atoms with van der Waals surface area (Å²) < 4.78 is 38.3. The Morgan fingerprint density at radius 3 is 2.23 bits per heavy atom. The lowest BCUT2D eigenvalue weighted by Crippen LogP contribution is -2.43. The van der Waals surface area contributed by atoms with Crippen molar-refractivity contribution in [2.75, 3.05) is 13.1 Å². The van der Waals surface area contributed by atoms with Gasteiger partial charge in [-0.05, 0) is 33.8 Å². The van der Waals surface area contributed by atoms with Crippen LogP contribution in [0, 0.1) is 0 Å². The number of nitrogens with zero attached hydrogens (tertiary/aromatic N) is 2. The van der Waals surface area contributed by atoms with Gasteiger partial charge in [0.1, 0.15) is 0 Å². The van der Waals surface area contributed by atoms with Crippen molar-refractivity contribution in [3.63, 3.8) is 0 Å². The highest BCUT2D eigenvalue weighted by atomic mass is 19.3. The molecule has 0 unspecified atom stereocenters. The van der Waals surface area contributed by atoms with E-state index in [4.69, 9.17) is 9.31 Å². The van der Waals surface area contributed by atoms with E-state index in [2.05, 4.69) is 4.98 Å². The predicted octanol–water partition coefficient (Wildman–Crippen LogP) is 2.18. The van der Waals surface area contributed by atoms with Crippen molar-refractivity contribution < 1.29 is 22.9 Å². The van der Waals surface area contributed by atoms with Gasteiger partial charge >= 0.3 is 7.12 Å². The molecule has 8 heteroatoms. The van der Waals surface area contributed by atoms with E-state index in [9.17, 15) is 13.6 Å². The predicted molar refractivity (Wildman–Crippen MR) is 94.4 cm³/mol. The Bertz CT molecular complexity index is 654. The van der Waals surface area contributed by atoms with Gasteiger partial charge in [-0.15, -0.1) is 0 Å². The quantitative estimate of drug-likeness (QED) is 0.770. The third-order valence-electron chi connectivity index (χ3n) is 5.55. The van der Waals surface area contributed by atoms with Crippen LogP contribution in [0.3, 0.4) is 0 Å². The first-order chi connectivity index (χ1) is 12.0. The van der Waals surface area contributed by atoms with Gasteiger partial charge in [0.05, 0.1) is 17.6 Å². The van der Waals surface area contributed by atoms with E-state index in [0.717, 1.165) is 5.46 Å². The second kappa shape index (κ2) is 6.57. The molecule has 0 atom stereocenters. The van der Waals surface area contributed by atoms with Gasteiger partial charge in [0.15, 0.2) is 0 Å². The molecular weight excluding hydrogens is 341 g/mol. The average molecular weight is 366 g/mol. The summed E-state index contributed by atoms with van der Waals surface area (Å²) in [5.74, 6) is -2.82. The molecule has 2 aliphatic heterocycles. The van der Waals surface area contributed by atoms with Crippen molar-refractivity contribution in [1.29, 1.82) is 0 Å². The van der Waals surface area contributed by atoms with Gasteiger partial charge < -0.3 is 14.2 Å². The summed E-state index contributed by atoms with van der Waals surface area (Å²) in [5, 5.41) is 0. The largest absolute Gasteiger partial charge is 0.496 e. The Morgan fingerprint density at radius 1 is 1.15 bits per heavy atom. The maximum atomic E-state index is 13.2. The molecule has 2 fully saturated rings. The Hall–Kier alpha value is -1.54. The van der Waals surface area contributed by atoms with Crippen molar-refractivity contribution in [2.45, 2.75) is 64.1 Å². The van der Waals surface area contributed by atoms with Crippen LogP contribution in [-0.2, 0) is 20.5 Å². The Kier molecular flexibility index (Phi) is 4.86. The van der Waals surface area contributed by atoms with E-state index in [1.165, 1.54) is 4.90 Å². The Labute approximate surface area is 153 Å². The number of aromatic nitrogens is 1. The molecule has 5 nitrogen and oxygen atoms in total. The standard InChI is InChI=1S/C18H25BF2N2O3/c1-16(2)17(3,4)26-19(25-16)13-5-6-14(22-12-13)11-15(24)23-9-7-18(20,21)8-10-23/h5-6,12H,7-11H2,1-4H3. The maximum Gasteiger partial charge on any atom is 0.496 e. The number of piperidine rings is 1. The summed E-state index contributed by atoms with van der Waals surface area (Å²) in [6.45, 7) is 8.12. The highest BCUT2D eigenvalue weighted by Crippen LogP contribution is 2.36. The molecule has 3 heterocycles. The molecule has 0 radical (unpaired) electrons. The van der Waals surface area contributed by atoms with Crippen molar-refractivity contribution in [1.82, 2.24) is 9.88 Å². The molecule has 142 valence electrons. The molecule has 1 amide bonds. The van der Waals surface area contributed by atoms with Crippen molar-refractivity contribution in [2.24, 2.45) is 0 Å². The molecule has 2 aliphatic rings. The first-order valence-electron chi connectivity index (χ1n) is 8.95. The fourth-order valence-electron chi connectivity index (χ4n) is 3.01. The molecule has 0 aliphatic carbocycles. The lowest BCUT2D eigenvalue weighted by Gasteiger charge is -2.32. The number of likely N-dealkylation sites (tertiary alicyclic amines) is 1. The molecule has 1 aromatic heterocycles. The molecule has 0 spiro atoms. The molecule has 1 aromatic rings. The van der Waals surface area contributed by atoms with E-state index in [0.29, 0.717) is 5.69 Å². The second-order valence-corrected chi connectivity index (χ2v) is 8.08. The van der Waals surface area contributed by atoms with Crippen LogP contribution in [0.4, 0.5) is 8.78 Å². The second-order valence-electron chi connectivity index (χ2n) is 8.08. The Balaban J connectivity index is 1.59. The summed E-state index contributed by atoms with van der Waals surface area (Å²) in [7, 11) is -0.499. The van der Waals surface area contributed by atoms with Crippen LogP contribution in [-0.4, -0.2) is 53.1 Å². The summed E-state index contributed by atoms with van der Waals surface area (Å²) in [4.78, 5) is 18.1. The minimum absolute atomic E-state index is 0.0951. The zero-order chi connectivity index (χ0) is 19.2. The molecule has 0 aromatic carbocycles. The van der Waals surface area contributed by atoms with Gasteiger partial charge in [0.2, 0.25) is 5.91 Å². The van der Waals surface area contributed by atoms with Crippen LogP contribution in [0.1, 0.15) is 46.2 Å². The normalized spacial score (nSPS) is 23.9. The van der Waals surface area contributed by atoms with Crippen LogP contribution in [0.2, 0.25) is 0 Å². The number of amides is 1. The van der Waals surface area contributed by atoms with E-state index in [-0.39, 0.29) is 38.3 Å². The van der Waals surface area contributed by atoms with E-state index in [1.54, 1.807) is 12.3 Å². The van der Waals surface area contributed by atoms with Gasteiger partial charge in [0, 0.05) is 43.3 Å². The van der Waals surface area contributed by atoms with Gasteiger partial charge in [0.25, 0.3) is 5.92 Å². The highest BCUT2D eigenvalue weighted by Gasteiger charge is 2.51. The number of rotatable bonds is 3. The lowest BCUT2D eigenvalue weighted by molar-refractivity contribution is -0.136. The molecule has 2 saturated heterocycles. The Morgan fingerprint density at radius 2 is 1.73 bits per heavy atom. The highest BCUT2D eigenvalue weighted by molar-refractivity contribution is 6.62. The number of halogens is 2. The summed E-state index contributed by atoms with van der Waals surface area (Å²) in [5.41, 5.74) is 0.538. The van der Waals surface area contributed by atoms with Crippen LogP contribution < -0.4 is 5.46 Å². The third kappa shape index (κ3) is 3.91. The third-order valence-corrected chi connectivity index (χ3v) is 5.55. The van der Waals surface area contributed by atoms with Gasteiger partial charge in [-0.25, -0.2) is 8.78 Å². The van der Waals surface area contributed by atoms with Crippen molar-refractivity contribution in [3.8, 4) is 0 Å². The van der Waals surface area contributed by atoms with Crippen LogP contribution in [0.15, 0.2) is 18.3 Å². The van der Waals surface area contributed by atoms with Crippen molar-refractivity contribution in [3.05, 3.63) is 24.0 Å². The van der Waals surface area contributed by atoms with Gasteiger partial charge in [-0.1, -0.05) is 6.07 Å². The number of carbonyl (C=O) groups is 1. The summed E-state index contributed by atoms with van der Waals surface area (Å²) in [6, 6.07) is 3.60. The zero-order valence-electron chi connectivity index (χ0n) is 15.7. The molecule has 0 saturated carbocycles. The summed E-state index contributed by atoms with van der Waals surface area (Å²) >= 11 is 0. The fraction of sp³-hybridized carbons (Fsp3) is 0.667. The minimum Gasteiger partial charge on any atom is -0.399 e. The van der Waals surface area contributed by atoms with E-state index in [1.807, 2.05) is 33.8 Å². The number of carbonyl (C=O) groups excluding carboxylic acids is 1. The average Bonchev–Trinajstić information content (AvgIpc) is 2.76. The van der Waals surface area contributed by atoms with E-state index >= 15 is 0 Å². The van der Waals surface area contributed by atoms with Gasteiger partial charge in [-0.3, -0.25) is 9.78 Å². The molecule has 0 N–H and O–H groups in total. The fourth-order valence-corrected chi connectivity index (χ4v) is 3.01. The van der Waals surface area contributed by atoms with E-state index < -0.39 is 24.2 Å². The number of pyridine rings is 1. The molecular formula is C18H25BF2N2O3. The van der Waals surface area contributed by atoms with Gasteiger partial charge in [-0.2, -0.15) is 0 Å². The van der Waals surface area contributed by atoms with Crippen LogP contribution in [0.25, 0.3) is 0 Å². The number of alkyl halides is 2. The first kappa shape index (κ1) is 19.2. The maximum absolute atomic E-state index is 13.2. The lowest BCUT2D eigenvalue weighted by atomic mass is 9.80.